The van der Waals surface area contributed by atoms with Gasteiger partial charge in [-0.2, -0.15) is 0 Å². The molecule has 1 aromatic rings. The third-order valence-corrected chi connectivity index (χ3v) is 2.04. The van der Waals surface area contributed by atoms with E-state index in [1.807, 2.05) is 0 Å². The fraction of sp³-hybridized carbons (Fsp3) is 0.300. The largest absolute Gasteiger partial charge is 0.466 e. The number of ether oxygens (including phenoxy) is 2. The SMILES string of the molecule is COC(=O)C(O)(C(=O)OC)c1cccnc1. The van der Waals surface area contributed by atoms with Gasteiger partial charge in [-0.15, -0.1) is 0 Å². The molecule has 0 aliphatic carbocycles. The van der Waals surface area contributed by atoms with Crippen molar-refractivity contribution < 1.29 is 24.2 Å². The van der Waals surface area contributed by atoms with Gasteiger partial charge in [0.2, 0.25) is 0 Å². The van der Waals surface area contributed by atoms with Crippen LogP contribution in [0.25, 0.3) is 0 Å². The molecule has 0 fully saturated rings. The molecule has 0 saturated carbocycles. The summed E-state index contributed by atoms with van der Waals surface area (Å²) in [5, 5.41) is 10.0. The first-order valence-corrected chi connectivity index (χ1v) is 4.37. The fourth-order valence-electron chi connectivity index (χ4n) is 1.19. The Bertz CT molecular complexity index is 373. The molecule has 0 unspecified atom stereocenters. The molecule has 1 heterocycles. The van der Waals surface area contributed by atoms with E-state index in [1.54, 1.807) is 0 Å². The highest BCUT2D eigenvalue weighted by Crippen LogP contribution is 2.23. The average molecular weight is 225 g/mol. The van der Waals surface area contributed by atoms with Crippen LogP contribution >= 0.6 is 0 Å². The molecular formula is C10H11NO5. The number of hydrogen-bond donors (Lipinski definition) is 1. The zero-order valence-corrected chi connectivity index (χ0v) is 8.84. The molecular weight excluding hydrogens is 214 g/mol. The summed E-state index contributed by atoms with van der Waals surface area (Å²) in [6.45, 7) is 0. The molecule has 86 valence electrons. The zero-order chi connectivity index (χ0) is 12.2. The normalized spacial score (nSPS) is 10.7. The van der Waals surface area contributed by atoms with Gasteiger partial charge in [-0.3, -0.25) is 4.98 Å². The van der Waals surface area contributed by atoms with Gasteiger partial charge in [0.1, 0.15) is 0 Å². The Kier molecular flexibility index (Phi) is 3.57. The molecule has 16 heavy (non-hydrogen) atoms. The van der Waals surface area contributed by atoms with E-state index in [0.717, 1.165) is 14.2 Å². The lowest BCUT2D eigenvalue weighted by atomic mass is 9.96. The number of esters is 2. The average Bonchev–Trinajstić information content (AvgIpc) is 2.36. The molecule has 1 rings (SSSR count). The molecule has 0 aromatic carbocycles. The van der Waals surface area contributed by atoms with Gasteiger partial charge in [0.05, 0.1) is 14.2 Å². The van der Waals surface area contributed by atoms with Gasteiger partial charge in [0, 0.05) is 18.0 Å². The molecule has 0 aliphatic heterocycles. The lowest BCUT2D eigenvalue weighted by Gasteiger charge is -2.21. The van der Waals surface area contributed by atoms with Crippen molar-refractivity contribution in [1.29, 1.82) is 0 Å². The second-order valence-electron chi connectivity index (χ2n) is 2.94. The number of carbonyl (C=O) groups excluding carboxylic acids is 2. The lowest BCUT2D eigenvalue weighted by Crippen LogP contribution is -2.45. The van der Waals surface area contributed by atoms with Gasteiger partial charge in [-0.25, -0.2) is 9.59 Å². The number of aliphatic hydroxyl groups is 1. The van der Waals surface area contributed by atoms with Gasteiger partial charge >= 0.3 is 11.9 Å². The first kappa shape index (κ1) is 12.1. The second kappa shape index (κ2) is 4.71. The van der Waals surface area contributed by atoms with Crippen LogP contribution in [0.3, 0.4) is 0 Å². The number of hydrogen-bond acceptors (Lipinski definition) is 6. The Balaban J connectivity index is 3.26. The van der Waals surface area contributed by atoms with Crippen LogP contribution in [0.5, 0.6) is 0 Å². The molecule has 1 aromatic heterocycles. The van der Waals surface area contributed by atoms with Gasteiger partial charge in [-0.1, -0.05) is 6.07 Å². The van der Waals surface area contributed by atoms with Crippen molar-refractivity contribution in [1.82, 2.24) is 4.98 Å². The Morgan fingerprint density at radius 2 is 1.88 bits per heavy atom. The van der Waals surface area contributed by atoms with Crippen LogP contribution in [-0.2, 0) is 24.7 Å². The minimum Gasteiger partial charge on any atom is -0.466 e. The highest BCUT2D eigenvalue weighted by Gasteiger charge is 2.48. The van der Waals surface area contributed by atoms with E-state index in [0.29, 0.717) is 0 Å². The van der Waals surface area contributed by atoms with Crippen molar-refractivity contribution in [2.75, 3.05) is 14.2 Å². The number of carbonyl (C=O) groups is 2. The molecule has 0 aliphatic rings. The summed E-state index contributed by atoms with van der Waals surface area (Å²) in [5.74, 6) is -2.24. The summed E-state index contributed by atoms with van der Waals surface area (Å²) in [5.41, 5.74) is -2.48. The first-order valence-electron chi connectivity index (χ1n) is 4.37. The summed E-state index contributed by atoms with van der Waals surface area (Å²) in [6.07, 6.45) is 2.63. The van der Waals surface area contributed by atoms with Gasteiger partial charge < -0.3 is 14.6 Å². The number of pyridine rings is 1. The maximum Gasteiger partial charge on any atom is 0.354 e. The van der Waals surface area contributed by atoms with Crippen molar-refractivity contribution in [3.05, 3.63) is 30.1 Å². The number of rotatable bonds is 3. The van der Waals surface area contributed by atoms with E-state index < -0.39 is 17.5 Å². The van der Waals surface area contributed by atoms with Crippen LogP contribution in [0.1, 0.15) is 5.56 Å². The quantitative estimate of drug-likeness (QED) is 0.557. The van der Waals surface area contributed by atoms with E-state index in [4.69, 9.17) is 0 Å². The highest BCUT2D eigenvalue weighted by atomic mass is 16.6. The number of methoxy groups -OCH3 is 2. The Hall–Kier alpha value is -1.95. The predicted octanol–water partition coefficient (Wildman–Crippen LogP) is -0.385. The minimum atomic E-state index is -2.47. The Morgan fingerprint density at radius 1 is 1.31 bits per heavy atom. The number of nitrogens with zero attached hydrogens (tertiary/aromatic N) is 1. The summed E-state index contributed by atoms with van der Waals surface area (Å²) in [4.78, 5) is 26.6. The van der Waals surface area contributed by atoms with E-state index >= 15 is 0 Å². The molecule has 0 amide bonds. The monoisotopic (exact) mass is 225 g/mol. The maximum atomic E-state index is 11.4. The number of aromatic nitrogens is 1. The highest BCUT2D eigenvalue weighted by molar-refractivity contribution is 6.03. The summed E-state index contributed by atoms with van der Waals surface area (Å²) < 4.78 is 8.75. The van der Waals surface area contributed by atoms with Crippen molar-refractivity contribution in [2.24, 2.45) is 0 Å². The van der Waals surface area contributed by atoms with Crippen LogP contribution < -0.4 is 0 Å². The third-order valence-electron chi connectivity index (χ3n) is 2.04. The van der Waals surface area contributed by atoms with E-state index in [-0.39, 0.29) is 5.56 Å². The molecule has 0 radical (unpaired) electrons. The molecule has 6 nitrogen and oxygen atoms in total. The second-order valence-corrected chi connectivity index (χ2v) is 2.94. The van der Waals surface area contributed by atoms with E-state index in [9.17, 15) is 14.7 Å². The molecule has 0 atom stereocenters. The maximum absolute atomic E-state index is 11.4. The van der Waals surface area contributed by atoms with Crippen molar-refractivity contribution in [2.45, 2.75) is 5.60 Å². The van der Waals surface area contributed by atoms with Crippen molar-refractivity contribution in [3.8, 4) is 0 Å². The Morgan fingerprint density at radius 3 is 2.25 bits per heavy atom. The minimum absolute atomic E-state index is 0.00583. The molecule has 0 bridgehead atoms. The summed E-state index contributed by atoms with van der Waals surface area (Å²) in [6, 6.07) is 2.85. The molecule has 1 N–H and O–H groups in total. The lowest BCUT2D eigenvalue weighted by molar-refractivity contribution is -0.181. The van der Waals surface area contributed by atoms with Crippen LogP contribution in [0, 0.1) is 0 Å². The van der Waals surface area contributed by atoms with Gasteiger partial charge in [0.25, 0.3) is 5.60 Å². The van der Waals surface area contributed by atoms with Crippen LogP contribution in [0.15, 0.2) is 24.5 Å². The smallest absolute Gasteiger partial charge is 0.354 e. The Labute approximate surface area is 91.8 Å². The van der Waals surface area contributed by atoms with E-state index in [2.05, 4.69) is 14.5 Å². The standard InChI is InChI=1S/C10H11NO5/c1-15-8(12)10(14,9(13)16-2)7-4-3-5-11-6-7/h3-6,14H,1-2H3. The summed E-state index contributed by atoms with van der Waals surface area (Å²) in [7, 11) is 2.12. The predicted molar refractivity (Wildman–Crippen MR) is 52.2 cm³/mol. The molecule has 0 spiro atoms. The van der Waals surface area contributed by atoms with Gasteiger partial charge in [-0.05, 0) is 6.07 Å². The van der Waals surface area contributed by atoms with E-state index in [1.165, 1.54) is 24.5 Å². The van der Waals surface area contributed by atoms with Crippen LogP contribution in [0.2, 0.25) is 0 Å². The summed E-state index contributed by atoms with van der Waals surface area (Å²) >= 11 is 0. The van der Waals surface area contributed by atoms with Gasteiger partial charge in [0.15, 0.2) is 0 Å². The van der Waals surface area contributed by atoms with Crippen molar-refractivity contribution in [3.63, 3.8) is 0 Å². The molecule has 0 saturated heterocycles. The van der Waals surface area contributed by atoms with Crippen LogP contribution in [0.4, 0.5) is 0 Å². The molecule has 6 heteroatoms. The topological polar surface area (TPSA) is 85.7 Å². The first-order chi connectivity index (χ1) is 7.57. The fourth-order valence-corrected chi connectivity index (χ4v) is 1.19. The third kappa shape index (κ3) is 1.87. The van der Waals surface area contributed by atoms with Crippen LogP contribution in [-0.4, -0.2) is 36.2 Å². The van der Waals surface area contributed by atoms with Crippen molar-refractivity contribution >= 4 is 11.9 Å². The zero-order valence-electron chi connectivity index (χ0n) is 8.84.